The van der Waals surface area contributed by atoms with Crippen molar-refractivity contribution in [1.82, 2.24) is 4.90 Å². The molecule has 0 aromatic rings. The standard InChI is InChI=1S/C11H19NO2/c13-11(14)6-5-10-2-1-7-12(10)8-9-3-4-9/h9-10H,1-8H2,(H,13,14). The summed E-state index contributed by atoms with van der Waals surface area (Å²) in [5.74, 6) is 0.281. The topological polar surface area (TPSA) is 40.5 Å². The molecule has 1 aliphatic heterocycles. The largest absolute Gasteiger partial charge is 0.481 e. The van der Waals surface area contributed by atoms with Crippen molar-refractivity contribution in [2.24, 2.45) is 5.92 Å². The van der Waals surface area contributed by atoms with E-state index in [-0.39, 0.29) is 0 Å². The van der Waals surface area contributed by atoms with E-state index in [9.17, 15) is 4.79 Å². The average Bonchev–Trinajstić information content (AvgIpc) is 2.81. The smallest absolute Gasteiger partial charge is 0.303 e. The van der Waals surface area contributed by atoms with Gasteiger partial charge in [-0.05, 0) is 44.6 Å². The minimum absolute atomic E-state index is 0.339. The summed E-state index contributed by atoms with van der Waals surface area (Å²) in [5.41, 5.74) is 0. The minimum Gasteiger partial charge on any atom is -0.481 e. The summed E-state index contributed by atoms with van der Waals surface area (Å²) in [6.07, 6.45) is 6.44. The maximum Gasteiger partial charge on any atom is 0.303 e. The van der Waals surface area contributed by atoms with Crippen LogP contribution in [0.1, 0.15) is 38.5 Å². The fraction of sp³-hybridized carbons (Fsp3) is 0.909. The first-order chi connectivity index (χ1) is 6.75. The van der Waals surface area contributed by atoms with Crippen LogP contribution in [-0.2, 0) is 4.79 Å². The van der Waals surface area contributed by atoms with Crippen molar-refractivity contribution in [1.29, 1.82) is 0 Å². The molecule has 1 N–H and O–H groups in total. The molecule has 0 bridgehead atoms. The number of carboxylic acids is 1. The van der Waals surface area contributed by atoms with Gasteiger partial charge in [-0.1, -0.05) is 0 Å². The summed E-state index contributed by atoms with van der Waals surface area (Å²) in [4.78, 5) is 13.0. The van der Waals surface area contributed by atoms with Gasteiger partial charge >= 0.3 is 5.97 Å². The Hall–Kier alpha value is -0.570. The molecule has 2 fully saturated rings. The van der Waals surface area contributed by atoms with Crippen LogP contribution in [0, 0.1) is 5.92 Å². The third-order valence-electron chi connectivity index (χ3n) is 3.38. The van der Waals surface area contributed by atoms with Crippen LogP contribution >= 0.6 is 0 Å². The molecule has 80 valence electrons. The van der Waals surface area contributed by atoms with Gasteiger partial charge in [0.1, 0.15) is 0 Å². The molecule has 14 heavy (non-hydrogen) atoms. The molecule has 0 aromatic carbocycles. The molecule has 0 amide bonds. The highest BCUT2D eigenvalue weighted by atomic mass is 16.4. The quantitative estimate of drug-likeness (QED) is 0.729. The van der Waals surface area contributed by atoms with Gasteiger partial charge in [0, 0.05) is 19.0 Å². The minimum atomic E-state index is -0.650. The predicted molar refractivity (Wildman–Crippen MR) is 54.2 cm³/mol. The maximum absolute atomic E-state index is 10.5. The number of hydrogen-bond acceptors (Lipinski definition) is 2. The Kier molecular flexibility index (Phi) is 3.06. The van der Waals surface area contributed by atoms with E-state index in [2.05, 4.69) is 4.90 Å². The number of carbonyl (C=O) groups is 1. The second kappa shape index (κ2) is 4.30. The van der Waals surface area contributed by atoms with E-state index in [1.807, 2.05) is 0 Å². The molecule has 0 spiro atoms. The van der Waals surface area contributed by atoms with Crippen LogP contribution in [0.5, 0.6) is 0 Å². The lowest BCUT2D eigenvalue weighted by atomic mass is 10.1. The van der Waals surface area contributed by atoms with E-state index < -0.39 is 5.97 Å². The zero-order valence-electron chi connectivity index (χ0n) is 8.61. The lowest BCUT2D eigenvalue weighted by Gasteiger charge is -2.23. The van der Waals surface area contributed by atoms with E-state index >= 15 is 0 Å². The number of aliphatic carboxylic acids is 1. The zero-order valence-corrected chi connectivity index (χ0v) is 8.61. The molecule has 0 radical (unpaired) electrons. The fourth-order valence-corrected chi connectivity index (χ4v) is 2.38. The highest BCUT2D eigenvalue weighted by Crippen LogP contribution is 2.33. The number of likely N-dealkylation sites (tertiary alicyclic amines) is 1. The molecule has 3 nitrogen and oxygen atoms in total. The Labute approximate surface area is 85.1 Å². The summed E-state index contributed by atoms with van der Waals surface area (Å²) >= 11 is 0. The first-order valence-corrected chi connectivity index (χ1v) is 5.71. The molecule has 2 rings (SSSR count). The number of carboxylic acid groups (broad SMARTS) is 1. The van der Waals surface area contributed by atoms with Crippen molar-refractivity contribution < 1.29 is 9.90 Å². The van der Waals surface area contributed by atoms with Crippen LogP contribution in [0.4, 0.5) is 0 Å². The van der Waals surface area contributed by atoms with Gasteiger partial charge in [-0.3, -0.25) is 4.79 Å². The fourth-order valence-electron chi connectivity index (χ4n) is 2.38. The van der Waals surface area contributed by atoms with Crippen LogP contribution in [0.15, 0.2) is 0 Å². The second-order valence-electron chi connectivity index (χ2n) is 4.67. The average molecular weight is 197 g/mol. The van der Waals surface area contributed by atoms with Crippen LogP contribution in [0.25, 0.3) is 0 Å². The van der Waals surface area contributed by atoms with Gasteiger partial charge in [0.2, 0.25) is 0 Å². The highest BCUT2D eigenvalue weighted by Gasteiger charge is 2.30. The Morgan fingerprint density at radius 3 is 2.79 bits per heavy atom. The predicted octanol–water partition coefficient (Wildman–Crippen LogP) is 1.73. The van der Waals surface area contributed by atoms with Crippen LogP contribution in [0.2, 0.25) is 0 Å². The molecule has 1 saturated carbocycles. The van der Waals surface area contributed by atoms with Crippen molar-refractivity contribution in [3.8, 4) is 0 Å². The normalized spacial score (nSPS) is 28.1. The molecule has 1 atom stereocenters. The SMILES string of the molecule is O=C(O)CCC1CCCN1CC1CC1. The van der Waals surface area contributed by atoms with Gasteiger partial charge in [-0.2, -0.15) is 0 Å². The van der Waals surface area contributed by atoms with Crippen molar-refractivity contribution >= 4 is 5.97 Å². The Bertz CT molecular complexity index is 213. The molecule has 1 saturated heterocycles. The molecular formula is C11H19NO2. The zero-order chi connectivity index (χ0) is 9.97. The summed E-state index contributed by atoms with van der Waals surface area (Å²) in [7, 11) is 0. The molecule has 2 aliphatic rings. The van der Waals surface area contributed by atoms with Gasteiger partial charge in [0.15, 0.2) is 0 Å². The van der Waals surface area contributed by atoms with E-state index in [0.717, 1.165) is 12.3 Å². The summed E-state index contributed by atoms with van der Waals surface area (Å²) in [6, 6.07) is 0.562. The van der Waals surface area contributed by atoms with E-state index in [0.29, 0.717) is 12.5 Å². The number of hydrogen-bond donors (Lipinski definition) is 1. The van der Waals surface area contributed by atoms with Gasteiger partial charge in [0.05, 0.1) is 0 Å². The van der Waals surface area contributed by atoms with Crippen LogP contribution in [0.3, 0.4) is 0 Å². The van der Waals surface area contributed by atoms with Gasteiger partial charge < -0.3 is 10.0 Å². The van der Waals surface area contributed by atoms with E-state index in [1.165, 1.54) is 38.8 Å². The van der Waals surface area contributed by atoms with E-state index in [4.69, 9.17) is 5.11 Å². The molecular weight excluding hydrogens is 178 g/mol. The summed E-state index contributed by atoms with van der Waals surface area (Å²) < 4.78 is 0. The highest BCUT2D eigenvalue weighted by molar-refractivity contribution is 5.66. The molecule has 3 heteroatoms. The summed E-state index contributed by atoms with van der Waals surface area (Å²) in [6.45, 7) is 2.42. The van der Waals surface area contributed by atoms with Crippen molar-refractivity contribution in [3.05, 3.63) is 0 Å². The monoisotopic (exact) mass is 197 g/mol. The van der Waals surface area contributed by atoms with Crippen LogP contribution in [-0.4, -0.2) is 35.1 Å². The Balaban J connectivity index is 1.74. The van der Waals surface area contributed by atoms with Gasteiger partial charge in [0.25, 0.3) is 0 Å². The Morgan fingerprint density at radius 1 is 1.36 bits per heavy atom. The maximum atomic E-state index is 10.5. The van der Waals surface area contributed by atoms with E-state index in [1.54, 1.807) is 0 Å². The van der Waals surface area contributed by atoms with Crippen molar-refractivity contribution in [2.75, 3.05) is 13.1 Å². The van der Waals surface area contributed by atoms with Gasteiger partial charge in [-0.25, -0.2) is 0 Å². The van der Waals surface area contributed by atoms with Crippen molar-refractivity contribution in [3.63, 3.8) is 0 Å². The van der Waals surface area contributed by atoms with Gasteiger partial charge in [-0.15, -0.1) is 0 Å². The van der Waals surface area contributed by atoms with Crippen molar-refractivity contribution in [2.45, 2.75) is 44.6 Å². The lowest BCUT2D eigenvalue weighted by Crippen LogP contribution is -2.31. The van der Waals surface area contributed by atoms with Crippen LogP contribution < -0.4 is 0 Å². The third kappa shape index (κ3) is 2.71. The number of nitrogens with zero attached hydrogens (tertiary/aromatic N) is 1. The first-order valence-electron chi connectivity index (χ1n) is 5.71. The molecule has 1 unspecified atom stereocenters. The summed E-state index contributed by atoms with van der Waals surface area (Å²) in [5, 5.41) is 8.64. The first kappa shape index (κ1) is 9.97. The molecule has 0 aromatic heterocycles. The third-order valence-corrected chi connectivity index (χ3v) is 3.38. The number of rotatable bonds is 5. The lowest BCUT2D eigenvalue weighted by molar-refractivity contribution is -0.137. The second-order valence-corrected chi connectivity index (χ2v) is 4.67. The molecule has 1 aliphatic carbocycles. The molecule has 1 heterocycles. The Morgan fingerprint density at radius 2 is 2.14 bits per heavy atom.